The normalized spacial score (nSPS) is 15.8. The zero-order valence-corrected chi connectivity index (χ0v) is 21.8. The summed E-state index contributed by atoms with van der Waals surface area (Å²) < 4.78 is 27.5. The van der Waals surface area contributed by atoms with Gasteiger partial charge in [0, 0.05) is 35.9 Å². The molecule has 0 radical (unpaired) electrons. The maximum atomic E-state index is 13.0. The monoisotopic (exact) mass is 534 g/mol. The number of aryl methyl sites for hydroxylation is 1. The van der Waals surface area contributed by atoms with Gasteiger partial charge in [-0.25, -0.2) is 13.4 Å². The van der Waals surface area contributed by atoms with Crippen LogP contribution in [0.5, 0.6) is 0 Å². The van der Waals surface area contributed by atoms with Crippen molar-refractivity contribution >= 4 is 43.9 Å². The molecule has 1 fully saturated rings. The van der Waals surface area contributed by atoms with Crippen LogP contribution in [0.3, 0.4) is 0 Å². The number of carbonyl (C=O) groups is 1. The van der Waals surface area contributed by atoms with Crippen molar-refractivity contribution in [2.24, 2.45) is 5.92 Å². The van der Waals surface area contributed by atoms with Crippen LogP contribution in [0.4, 0.5) is 16.6 Å². The Kier molecular flexibility index (Phi) is 7.15. The topological polar surface area (TPSA) is 117 Å². The molecule has 1 atom stereocenters. The van der Waals surface area contributed by atoms with Crippen molar-refractivity contribution < 1.29 is 13.2 Å². The summed E-state index contributed by atoms with van der Waals surface area (Å²) in [4.78, 5) is 19.1. The van der Waals surface area contributed by atoms with Gasteiger partial charge in [-0.1, -0.05) is 24.3 Å². The molecule has 5 rings (SSSR count). The van der Waals surface area contributed by atoms with Crippen LogP contribution < -0.4 is 14.9 Å². The maximum Gasteiger partial charge on any atom is 0.263 e. The number of benzene rings is 2. The predicted molar refractivity (Wildman–Crippen MR) is 145 cm³/mol. The first-order valence-corrected chi connectivity index (χ1v) is 14.2. The molecule has 37 heavy (non-hydrogen) atoms. The third-order valence-corrected chi connectivity index (χ3v) is 8.45. The van der Waals surface area contributed by atoms with Crippen molar-refractivity contribution in [2.75, 3.05) is 28.0 Å². The molecule has 190 valence electrons. The molecule has 0 bridgehead atoms. The number of carbonyl (C=O) groups excluding carboxylic acids is 1. The highest BCUT2D eigenvalue weighted by Crippen LogP contribution is 2.26. The van der Waals surface area contributed by atoms with E-state index in [-0.39, 0.29) is 16.7 Å². The predicted octanol–water partition coefficient (Wildman–Crippen LogP) is 4.56. The van der Waals surface area contributed by atoms with Gasteiger partial charge in [-0.2, -0.15) is 0 Å². The van der Waals surface area contributed by atoms with Crippen LogP contribution in [0.2, 0.25) is 0 Å². The van der Waals surface area contributed by atoms with Gasteiger partial charge in [-0.05, 0) is 61.7 Å². The number of aromatic nitrogens is 3. The van der Waals surface area contributed by atoms with E-state index in [2.05, 4.69) is 30.1 Å². The fraction of sp³-hybridized carbons (Fsp3) is 0.231. The first kappa shape index (κ1) is 24.8. The SMILES string of the molecule is Cc1ccccc1-c1ccc(N2CCCC(C(=O)Nc3ccc(S(=O)(=O)Nc4nccs4)cc3)C2)nn1. The molecule has 3 heterocycles. The molecule has 11 heteroatoms. The van der Waals surface area contributed by atoms with Gasteiger partial charge >= 0.3 is 0 Å². The van der Waals surface area contributed by atoms with E-state index >= 15 is 0 Å². The molecular weight excluding hydrogens is 508 g/mol. The second-order valence-corrected chi connectivity index (χ2v) is 11.4. The second kappa shape index (κ2) is 10.7. The van der Waals surface area contributed by atoms with Crippen LogP contribution in [0.25, 0.3) is 11.3 Å². The van der Waals surface area contributed by atoms with E-state index in [4.69, 9.17) is 0 Å². The largest absolute Gasteiger partial charge is 0.354 e. The number of sulfonamides is 1. The number of anilines is 3. The maximum absolute atomic E-state index is 13.0. The minimum absolute atomic E-state index is 0.0947. The summed E-state index contributed by atoms with van der Waals surface area (Å²) in [6.07, 6.45) is 3.15. The molecule has 4 aromatic rings. The number of piperidine rings is 1. The molecule has 1 aliphatic rings. The minimum Gasteiger partial charge on any atom is -0.354 e. The molecule has 2 aromatic carbocycles. The zero-order chi connectivity index (χ0) is 25.8. The number of nitrogens with one attached hydrogen (secondary N) is 2. The van der Waals surface area contributed by atoms with Gasteiger partial charge in [0.1, 0.15) is 0 Å². The molecule has 1 amide bonds. The van der Waals surface area contributed by atoms with Gasteiger partial charge in [0.2, 0.25) is 5.91 Å². The number of hydrogen-bond acceptors (Lipinski definition) is 8. The standard InChI is InChI=1S/C26H26N6O3S2/c1-18-5-2-3-7-22(18)23-12-13-24(30-29-23)32-15-4-6-19(17-32)25(33)28-20-8-10-21(11-9-20)37(34,35)31-26-27-14-16-36-26/h2-3,5,7-14,16,19H,4,6,15,17H2,1H3,(H,27,31)(H,28,33). The first-order valence-electron chi connectivity index (χ1n) is 11.9. The van der Waals surface area contributed by atoms with Crippen molar-refractivity contribution in [1.29, 1.82) is 0 Å². The number of hydrogen-bond donors (Lipinski definition) is 2. The lowest BCUT2D eigenvalue weighted by molar-refractivity contribution is -0.120. The van der Waals surface area contributed by atoms with Gasteiger partial charge in [0.15, 0.2) is 10.9 Å². The van der Waals surface area contributed by atoms with Crippen molar-refractivity contribution in [1.82, 2.24) is 15.2 Å². The second-order valence-electron chi connectivity index (χ2n) is 8.83. The van der Waals surface area contributed by atoms with Crippen LogP contribution in [0.15, 0.2) is 77.1 Å². The molecule has 1 unspecified atom stereocenters. The quantitative estimate of drug-likeness (QED) is 0.357. The van der Waals surface area contributed by atoms with Crippen LogP contribution in [0.1, 0.15) is 18.4 Å². The molecular formula is C26H26N6O3S2. The lowest BCUT2D eigenvalue weighted by Gasteiger charge is -2.32. The van der Waals surface area contributed by atoms with Gasteiger partial charge < -0.3 is 10.2 Å². The summed E-state index contributed by atoms with van der Waals surface area (Å²) in [7, 11) is -3.74. The van der Waals surface area contributed by atoms with E-state index in [1.807, 2.05) is 43.3 Å². The third kappa shape index (κ3) is 5.78. The third-order valence-electron chi connectivity index (χ3n) is 6.27. The van der Waals surface area contributed by atoms with Crippen molar-refractivity contribution in [3.05, 3.63) is 77.8 Å². The Labute approximate surface area is 219 Å². The van der Waals surface area contributed by atoms with Gasteiger partial charge in [-0.15, -0.1) is 21.5 Å². The minimum atomic E-state index is -3.74. The summed E-state index contributed by atoms with van der Waals surface area (Å²) in [6, 6.07) is 18.1. The Hall–Kier alpha value is -3.83. The van der Waals surface area contributed by atoms with Crippen LogP contribution in [0, 0.1) is 12.8 Å². The van der Waals surface area contributed by atoms with Crippen LogP contribution in [-0.4, -0.2) is 42.6 Å². The first-order chi connectivity index (χ1) is 17.9. The lowest BCUT2D eigenvalue weighted by Crippen LogP contribution is -2.41. The van der Waals surface area contributed by atoms with E-state index in [1.165, 1.54) is 29.7 Å². The molecule has 0 saturated carbocycles. The summed E-state index contributed by atoms with van der Waals surface area (Å²) >= 11 is 1.20. The van der Waals surface area contributed by atoms with Crippen LogP contribution >= 0.6 is 11.3 Å². The fourth-order valence-corrected chi connectivity index (χ4v) is 6.10. The van der Waals surface area contributed by atoms with E-state index in [1.54, 1.807) is 17.5 Å². The molecule has 0 spiro atoms. The van der Waals surface area contributed by atoms with E-state index in [9.17, 15) is 13.2 Å². The highest BCUT2D eigenvalue weighted by atomic mass is 32.2. The number of amides is 1. The Balaban J connectivity index is 1.21. The molecule has 1 saturated heterocycles. The Bertz CT molecular complexity index is 1470. The van der Waals surface area contributed by atoms with Crippen molar-refractivity contribution in [3.8, 4) is 11.3 Å². The number of thiazole rings is 1. The Morgan fingerprint density at radius 2 is 1.86 bits per heavy atom. The molecule has 0 aliphatic carbocycles. The molecule has 2 N–H and O–H groups in total. The van der Waals surface area contributed by atoms with Crippen molar-refractivity contribution in [2.45, 2.75) is 24.7 Å². The highest BCUT2D eigenvalue weighted by Gasteiger charge is 2.27. The summed E-state index contributed by atoms with van der Waals surface area (Å²) in [6.45, 7) is 3.39. The van der Waals surface area contributed by atoms with E-state index < -0.39 is 10.0 Å². The lowest BCUT2D eigenvalue weighted by atomic mass is 9.97. The van der Waals surface area contributed by atoms with E-state index in [0.29, 0.717) is 17.4 Å². The highest BCUT2D eigenvalue weighted by molar-refractivity contribution is 7.93. The summed E-state index contributed by atoms with van der Waals surface area (Å²) in [5.41, 5.74) is 3.55. The van der Waals surface area contributed by atoms with Crippen LogP contribution in [-0.2, 0) is 14.8 Å². The average Bonchev–Trinajstić information content (AvgIpc) is 3.42. The smallest absolute Gasteiger partial charge is 0.263 e. The molecule has 2 aromatic heterocycles. The summed E-state index contributed by atoms with van der Waals surface area (Å²) in [5, 5.41) is 13.8. The Morgan fingerprint density at radius 3 is 2.57 bits per heavy atom. The Morgan fingerprint density at radius 1 is 1.05 bits per heavy atom. The summed E-state index contributed by atoms with van der Waals surface area (Å²) in [5.74, 6) is 0.421. The van der Waals surface area contributed by atoms with E-state index in [0.717, 1.165) is 42.0 Å². The molecule has 1 aliphatic heterocycles. The zero-order valence-electron chi connectivity index (χ0n) is 20.2. The number of rotatable bonds is 7. The number of nitrogens with zero attached hydrogens (tertiary/aromatic N) is 4. The average molecular weight is 535 g/mol. The van der Waals surface area contributed by atoms with Gasteiger partial charge in [0.05, 0.1) is 16.5 Å². The van der Waals surface area contributed by atoms with Gasteiger partial charge in [0.25, 0.3) is 10.0 Å². The van der Waals surface area contributed by atoms with Crippen molar-refractivity contribution in [3.63, 3.8) is 0 Å². The fourth-order valence-electron chi connectivity index (χ4n) is 4.31. The molecule has 9 nitrogen and oxygen atoms in total. The van der Waals surface area contributed by atoms with Gasteiger partial charge in [-0.3, -0.25) is 9.52 Å².